The highest BCUT2D eigenvalue weighted by atomic mass is 19.4. The van der Waals surface area contributed by atoms with E-state index in [1.54, 1.807) is 12.3 Å². The molecular formula is C20H19F3N4O. The minimum atomic E-state index is -4.33. The van der Waals surface area contributed by atoms with Gasteiger partial charge in [0.1, 0.15) is 0 Å². The van der Waals surface area contributed by atoms with Gasteiger partial charge < -0.3 is 10.6 Å². The highest BCUT2D eigenvalue weighted by Crippen LogP contribution is 2.36. The molecule has 0 spiro atoms. The number of benzene rings is 2. The average Bonchev–Trinajstić information content (AvgIpc) is 3.31. The number of hydrogen-bond acceptors (Lipinski definition) is 2. The van der Waals surface area contributed by atoms with Gasteiger partial charge in [0.15, 0.2) is 0 Å². The molecule has 3 N–H and O–H groups in total. The summed E-state index contributed by atoms with van der Waals surface area (Å²) in [6.45, 7) is 0. The zero-order chi connectivity index (χ0) is 19.7. The lowest BCUT2D eigenvalue weighted by molar-refractivity contribution is -0.137. The van der Waals surface area contributed by atoms with Crippen LogP contribution in [0.2, 0.25) is 0 Å². The van der Waals surface area contributed by atoms with Gasteiger partial charge in [-0.05, 0) is 55.0 Å². The fraction of sp³-hybridized carbons (Fsp3) is 0.300. The van der Waals surface area contributed by atoms with Crippen LogP contribution in [0.15, 0.2) is 48.7 Å². The van der Waals surface area contributed by atoms with Gasteiger partial charge in [0.05, 0.1) is 23.0 Å². The van der Waals surface area contributed by atoms with Crippen molar-refractivity contribution in [2.45, 2.75) is 37.4 Å². The van der Waals surface area contributed by atoms with Crippen LogP contribution in [-0.4, -0.2) is 22.3 Å². The van der Waals surface area contributed by atoms with Gasteiger partial charge in [-0.15, -0.1) is 0 Å². The van der Waals surface area contributed by atoms with Crippen LogP contribution >= 0.6 is 0 Å². The maximum absolute atomic E-state index is 12.7. The number of halogens is 3. The fourth-order valence-corrected chi connectivity index (χ4v) is 3.78. The zero-order valence-corrected chi connectivity index (χ0v) is 14.9. The number of carbonyl (C=O) groups is 1. The Morgan fingerprint density at radius 3 is 2.64 bits per heavy atom. The van der Waals surface area contributed by atoms with Gasteiger partial charge in [-0.1, -0.05) is 18.2 Å². The van der Waals surface area contributed by atoms with E-state index < -0.39 is 11.7 Å². The molecule has 5 nitrogen and oxygen atoms in total. The number of amides is 2. The number of aromatic amines is 1. The molecule has 0 radical (unpaired) electrons. The predicted octanol–water partition coefficient (Wildman–Crippen LogP) is 5.04. The van der Waals surface area contributed by atoms with Crippen molar-refractivity contribution in [3.05, 3.63) is 59.8 Å². The molecule has 0 aliphatic heterocycles. The average molecular weight is 388 g/mol. The summed E-state index contributed by atoms with van der Waals surface area (Å²) < 4.78 is 38.1. The smallest absolute Gasteiger partial charge is 0.335 e. The third-order valence-electron chi connectivity index (χ3n) is 5.21. The van der Waals surface area contributed by atoms with E-state index in [0.717, 1.165) is 41.4 Å². The molecule has 2 amide bonds. The van der Waals surface area contributed by atoms with E-state index in [0.29, 0.717) is 12.1 Å². The Labute approximate surface area is 159 Å². The van der Waals surface area contributed by atoms with E-state index in [4.69, 9.17) is 0 Å². The Balaban J connectivity index is 1.35. The lowest BCUT2D eigenvalue weighted by Crippen LogP contribution is -2.36. The van der Waals surface area contributed by atoms with Gasteiger partial charge >= 0.3 is 12.2 Å². The maximum atomic E-state index is 12.7. The van der Waals surface area contributed by atoms with Crippen molar-refractivity contribution in [2.24, 2.45) is 0 Å². The number of aromatic nitrogens is 2. The minimum absolute atomic E-state index is 0.0177. The number of urea groups is 1. The Hall–Kier alpha value is -3.03. The molecule has 1 aliphatic rings. The Bertz CT molecular complexity index is 981. The second-order valence-corrected chi connectivity index (χ2v) is 7.06. The molecule has 1 aromatic heterocycles. The van der Waals surface area contributed by atoms with Crippen molar-refractivity contribution >= 4 is 22.6 Å². The van der Waals surface area contributed by atoms with Crippen LogP contribution in [-0.2, 0) is 6.18 Å². The quantitative estimate of drug-likeness (QED) is 0.588. The van der Waals surface area contributed by atoms with Crippen molar-refractivity contribution in [1.82, 2.24) is 15.5 Å². The number of H-pyrrole nitrogens is 1. The molecule has 4 rings (SSSR count). The van der Waals surface area contributed by atoms with Crippen molar-refractivity contribution in [1.29, 1.82) is 0 Å². The number of nitrogens with zero attached hydrogens (tertiary/aromatic N) is 1. The van der Waals surface area contributed by atoms with Crippen LogP contribution in [0.3, 0.4) is 0 Å². The second kappa shape index (κ2) is 7.18. The van der Waals surface area contributed by atoms with E-state index >= 15 is 0 Å². The summed E-state index contributed by atoms with van der Waals surface area (Å²) in [5.41, 5.74) is 1.74. The summed E-state index contributed by atoms with van der Waals surface area (Å²) in [6, 6.07) is 10.5. The topological polar surface area (TPSA) is 69.8 Å². The largest absolute Gasteiger partial charge is 0.416 e. The van der Waals surface area contributed by atoms with Crippen LogP contribution in [0, 0.1) is 0 Å². The molecule has 1 saturated carbocycles. The number of rotatable bonds is 3. The number of alkyl halides is 3. The summed E-state index contributed by atoms with van der Waals surface area (Å²) in [7, 11) is 0. The van der Waals surface area contributed by atoms with Gasteiger partial charge in [-0.2, -0.15) is 18.3 Å². The predicted molar refractivity (Wildman–Crippen MR) is 100 cm³/mol. The van der Waals surface area contributed by atoms with Gasteiger partial charge in [0.25, 0.3) is 0 Å². The summed E-state index contributed by atoms with van der Waals surface area (Å²) in [4.78, 5) is 12.4. The van der Waals surface area contributed by atoms with Crippen LogP contribution in [0.5, 0.6) is 0 Å². The highest BCUT2D eigenvalue weighted by Gasteiger charge is 2.31. The van der Waals surface area contributed by atoms with Crippen LogP contribution in [0.1, 0.15) is 36.3 Å². The van der Waals surface area contributed by atoms with Gasteiger partial charge in [-0.3, -0.25) is 5.10 Å². The standard InChI is InChI=1S/C20H19F3N4O/c21-20(22,23)14-7-4-12(5-8-14)13-6-9-15(10-13)25-19(28)26-17-2-1-3-18-16(17)11-24-27-18/h1-5,7-8,11,13,15H,6,9-10H2,(H,24,27)(H2,25,26,28). The van der Waals surface area contributed by atoms with Crippen molar-refractivity contribution in [2.75, 3.05) is 5.32 Å². The Morgan fingerprint density at radius 2 is 1.89 bits per heavy atom. The molecule has 1 aliphatic carbocycles. The minimum Gasteiger partial charge on any atom is -0.335 e. The fourth-order valence-electron chi connectivity index (χ4n) is 3.78. The third-order valence-corrected chi connectivity index (χ3v) is 5.21. The first kappa shape index (κ1) is 18.3. The first-order valence-electron chi connectivity index (χ1n) is 9.07. The van der Waals surface area contributed by atoms with Crippen LogP contribution in [0.4, 0.5) is 23.7 Å². The number of anilines is 1. The number of nitrogens with one attached hydrogen (secondary N) is 3. The van der Waals surface area contributed by atoms with Gasteiger partial charge in [0, 0.05) is 11.4 Å². The van der Waals surface area contributed by atoms with E-state index in [1.165, 1.54) is 12.1 Å². The molecule has 0 bridgehead atoms. The van der Waals surface area contributed by atoms with E-state index in [2.05, 4.69) is 20.8 Å². The van der Waals surface area contributed by atoms with E-state index in [9.17, 15) is 18.0 Å². The molecule has 146 valence electrons. The summed E-state index contributed by atoms with van der Waals surface area (Å²) in [5.74, 6) is 0.143. The maximum Gasteiger partial charge on any atom is 0.416 e. The second-order valence-electron chi connectivity index (χ2n) is 7.06. The molecule has 2 atom stereocenters. The zero-order valence-electron chi connectivity index (χ0n) is 14.9. The highest BCUT2D eigenvalue weighted by molar-refractivity contribution is 6.00. The molecule has 8 heteroatoms. The lowest BCUT2D eigenvalue weighted by Gasteiger charge is -2.15. The number of fused-ring (bicyclic) bond motifs is 1. The molecule has 1 heterocycles. The molecule has 2 unspecified atom stereocenters. The van der Waals surface area contributed by atoms with Crippen LogP contribution in [0.25, 0.3) is 10.9 Å². The third kappa shape index (κ3) is 3.81. The normalized spacial score (nSPS) is 19.7. The molecule has 2 aromatic carbocycles. The SMILES string of the molecule is O=C(Nc1cccc2[nH]ncc12)NC1CCC(c2ccc(C(F)(F)F)cc2)C1. The van der Waals surface area contributed by atoms with E-state index in [1.807, 2.05) is 12.1 Å². The molecule has 1 fully saturated rings. The molecule has 3 aromatic rings. The lowest BCUT2D eigenvalue weighted by atomic mass is 9.96. The van der Waals surface area contributed by atoms with Gasteiger partial charge in [-0.25, -0.2) is 4.79 Å². The monoisotopic (exact) mass is 388 g/mol. The number of carbonyl (C=O) groups excluding carboxylic acids is 1. The van der Waals surface area contributed by atoms with E-state index in [-0.39, 0.29) is 18.0 Å². The van der Waals surface area contributed by atoms with Gasteiger partial charge in [0.2, 0.25) is 0 Å². The first-order valence-corrected chi connectivity index (χ1v) is 9.07. The summed E-state index contributed by atoms with van der Waals surface area (Å²) in [5, 5.41) is 13.4. The molecule has 28 heavy (non-hydrogen) atoms. The van der Waals surface area contributed by atoms with Crippen LogP contribution < -0.4 is 10.6 Å². The molecular weight excluding hydrogens is 369 g/mol. The summed E-state index contributed by atoms with van der Waals surface area (Å²) >= 11 is 0. The van der Waals surface area contributed by atoms with Crippen molar-refractivity contribution in [3.8, 4) is 0 Å². The van der Waals surface area contributed by atoms with Crippen molar-refractivity contribution < 1.29 is 18.0 Å². The first-order chi connectivity index (χ1) is 13.4. The Morgan fingerprint density at radius 1 is 1.11 bits per heavy atom. The summed E-state index contributed by atoms with van der Waals surface area (Å²) in [6.07, 6.45) is -0.354. The molecule has 0 saturated heterocycles. The Kier molecular flexibility index (Phi) is 4.70. The van der Waals surface area contributed by atoms with Crippen molar-refractivity contribution in [3.63, 3.8) is 0 Å². The number of hydrogen-bond donors (Lipinski definition) is 3.